The average molecular weight is 215 g/mol. The van der Waals surface area contributed by atoms with Gasteiger partial charge in [-0.2, -0.15) is 0 Å². The Balaban J connectivity index is 1.76. The van der Waals surface area contributed by atoms with E-state index in [-0.39, 0.29) is 5.54 Å². The van der Waals surface area contributed by atoms with E-state index in [1.54, 1.807) is 0 Å². The summed E-state index contributed by atoms with van der Waals surface area (Å²) in [5, 5.41) is 0. The molecular formula is C15H21N. The highest BCUT2D eigenvalue weighted by Gasteiger charge is 2.58. The van der Waals surface area contributed by atoms with Crippen molar-refractivity contribution in [2.24, 2.45) is 28.2 Å². The second-order valence-corrected chi connectivity index (χ2v) is 6.98. The second kappa shape index (κ2) is 2.80. The maximum Gasteiger partial charge on any atom is 0.0819 e. The van der Waals surface area contributed by atoms with Crippen LogP contribution in [0.2, 0.25) is 0 Å². The summed E-state index contributed by atoms with van der Waals surface area (Å²) in [5.74, 6) is 3.10. The first kappa shape index (κ1) is 9.44. The van der Waals surface area contributed by atoms with Crippen LogP contribution < -0.4 is 0 Å². The van der Waals surface area contributed by atoms with E-state index in [4.69, 9.17) is 4.99 Å². The van der Waals surface area contributed by atoms with Crippen LogP contribution >= 0.6 is 0 Å². The number of allylic oxidation sites excluding steroid dienone is 1. The Bertz CT molecular complexity index is 330. The molecule has 0 spiro atoms. The molecule has 5 rings (SSSR count). The summed E-state index contributed by atoms with van der Waals surface area (Å²) < 4.78 is 0. The van der Waals surface area contributed by atoms with Crippen LogP contribution in [-0.2, 0) is 0 Å². The molecule has 4 saturated carbocycles. The fourth-order valence-electron chi connectivity index (χ4n) is 5.52. The van der Waals surface area contributed by atoms with Crippen molar-refractivity contribution in [3.8, 4) is 0 Å². The third kappa shape index (κ3) is 1.05. The van der Waals surface area contributed by atoms with Crippen molar-refractivity contribution >= 4 is 6.21 Å². The third-order valence-electron chi connectivity index (χ3n) is 5.96. The zero-order valence-electron chi connectivity index (χ0n) is 10.2. The van der Waals surface area contributed by atoms with E-state index in [0.717, 1.165) is 17.8 Å². The zero-order chi connectivity index (χ0) is 10.8. The van der Waals surface area contributed by atoms with Crippen molar-refractivity contribution in [1.82, 2.24) is 0 Å². The molecule has 86 valence electrons. The first-order chi connectivity index (χ1) is 7.69. The fraction of sp³-hybridized carbons (Fsp3) is 0.800. The van der Waals surface area contributed by atoms with Crippen molar-refractivity contribution in [2.45, 2.75) is 51.0 Å². The van der Waals surface area contributed by atoms with Gasteiger partial charge in [0.15, 0.2) is 0 Å². The van der Waals surface area contributed by atoms with Crippen LogP contribution in [0.4, 0.5) is 0 Å². The van der Waals surface area contributed by atoms with E-state index in [1.807, 2.05) is 6.21 Å². The van der Waals surface area contributed by atoms with E-state index in [0.29, 0.717) is 5.41 Å². The Labute approximate surface area is 98.0 Å². The molecule has 4 aliphatic carbocycles. The quantitative estimate of drug-likeness (QED) is 0.633. The second-order valence-electron chi connectivity index (χ2n) is 6.98. The van der Waals surface area contributed by atoms with Gasteiger partial charge in [0, 0.05) is 6.21 Å². The standard InChI is InChI=1S/C15H21N/c1-14(3-2-4-16-14)15-8-11-5-12(9-15)7-13(6-11)10-15/h2-4,11-13H,5-10H2,1H3. The summed E-state index contributed by atoms with van der Waals surface area (Å²) in [5.41, 5.74) is 0.675. The van der Waals surface area contributed by atoms with Gasteiger partial charge in [0.25, 0.3) is 0 Å². The van der Waals surface area contributed by atoms with Crippen molar-refractivity contribution in [3.05, 3.63) is 12.2 Å². The van der Waals surface area contributed by atoms with Gasteiger partial charge >= 0.3 is 0 Å². The lowest BCUT2D eigenvalue weighted by Gasteiger charge is -2.61. The van der Waals surface area contributed by atoms with Crippen LogP contribution in [0, 0.1) is 23.2 Å². The van der Waals surface area contributed by atoms with E-state index < -0.39 is 0 Å². The molecule has 0 aromatic carbocycles. The largest absolute Gasteiger partial charge is 0.282 e. The topological polar surface area (TPSA) is 12.4 Å². The lowest BCUT2D eigenvalue weighted by Crippen LogP contribution is -2.55. The van der Waals surface area contributed by atoms with Gasteiger partial charge in [-0.05, 0) is 74.7 Å². The number of nitrogens with zero attached hydrogens (tertiary/aromatic N) is 1. The summed E-state index contributed by atoms with van der Waals surface area (Å²) in [7, 11) is 0. The van der Waals surface area contributed by atoms with Crippen molar-refractivity contribution in [1.29, 1.82) is 0 Å². The van der Waals surface area contributed by atoms with Crippen LogP contribution in [0.15, 0.2) is 17.1 Å². The number of aliphatic imine (C=N–C) groups is 1. The first-order valence-electron chi connectivity index (χ1n) is 6.92. The summed E-state index contributed by atoms with van der Waals surface area (Å²) in [4.78, 5) is 4.82. The minimum atomic E-state index is 0.142. The SMILES string of the molecule is CC1(C23CC4CC(CC(C4)C2)C3)C=CC=N1. The fourth-order valence-corrected chi connectivity index (χ4v) is 5.52. The van der Waals surface area contributed by atoms with Crippen molar-refractivity contribution in [3.63, 3.8) is 0 Å². The van der Waals surface area contributed by atoms with Crippen LogP contribution in [0.3, 0.4) is 0 Å². The maximum atomic E-state index is 4.82. The van der Waals surface area contributed by atoms with E-state index in [9.17, 15) is 0 Å². The molecule has 0 aromatic heterocycles. The van der Waals surface area contributed by atoms with Gasteiger partial charge in [0.05, 0.1) is 5.54 Å². The molecule has 1 heterocycles. The molecule has 0 saturated heterocycles. The molecule has 1 heteroatoms. The molecule has 1 nitrogen and oxygen atoms in total. The Hall–Kier alpha value is -0.590. The number of hydrogen-bond acceptors (Lipinski definition) is 1. The molecule has 1 aliphatic heterocycles. The van der Waals surface area contributed by atoms with Crippen molar-refractivity contribution < 1.29 is 0 Å². The predicted molar refractivity (Wildman–Crippen MR) is 66.6 cm³/mol. The minimum Gasteiger partial charge on any atom is -0.282 e. The van der Waals surface area contributed by atoms with Gasteiger partial charge in [-0.25, -0.2) is 0 Å². The molecule has 0 radical (unpaired) electrons. The van der Waals surface area contributed by atoms with Gasteiger partial charge < -0.3 is 0 Å². The molecule has 4 bridgehead atoms. The highest BCUT2D eigenvalue weighted by molar-refractivity contribution is 5.75. The highest BCUT2D eigenvalue weighted by Crippen LogP contribution is 2.64. The molecule has 4 fully saturated rings. The summed E-state index contributed by atoms with van der Waals surface area (Å²) in [6, 6.07) is 0. The summed E-state index contributed by atoms with van der Waals surface area (Å²) in [6.45, 7) is 2.38. The minimum absolute atomic E-state index is 0.142. The molecule has 1 unspecified atom stereocenters. The van der Waals surface area contributed by atoms with Gasteiger partial charge in [0.2, 0.25) is 0 Å². The monoisotopic (exact) mass is 215 g/mol. The predicted octanol–water partition coefficient (Wildman–Crippen LogP) is 3.60. The lowest BCUT2D eigenvalue weighted by molar-refractivity contribution is -0.0799. The van der Waals surface area contributed by atoms with Gasteiger partial charge in [-0.15, -0.1) is 0 Å². The molecular weight excluding hydrogens is 194 g/mol. The molecule has 0 aromatic rings. The maximum absolute atomic E-state index is 4.82. The van der Waals surface area contributed by atoms with Crippen LogP contribution in [-0.4, -0.2) is 11.8 Å². The number of rotatable bonds is 1. The Morgan fingerprint density at radius 3 is 2.00 bits per heavy atom. The number of hydrogen-bond donors (Lipinski definition) is 0. The molecule has 5 aliphatic rings. The van der Waals surface area contributed by atoms with Gasteiger partial charge in [-0.1, -0.05) is 6.08 Å². The molecule has 1 atom stereocenters. The van der Waals surface area contributed by atoms with Gasteiger partial charge in [-0.3, -0.25) is 4.99 Å². The van der Waals surface area contributed by atoms with E-state index >= 15 is 0 Å². The Morgan fingerprint density at radius 1 is 1.00 bits per heavy atom. The normalized spacial score (nSPS) is 57.4. The summed E-state index contributed by atoms with van der Waals surface area (Å²) >= 11 is 0. The third-order valence-corrected chi connectivity index (χ3v) is 5.96. The Kier molecular flexibility index (Phi) is 1.65. The van der Waals surface area contributed by atoms with E-state index in [2.05, 4.69) is 19.1 Å². The van der Waals surface area contributed by atoms with E-state index in [1.165, 1.54) is 38.5 Å². The highest BCUT2D eigenvalue weighted by atomic mass is 14.9. The van der Waals surface area contributed by atoms with Crippen LogP contribution in [0.5, 0.6) is 0 Å². The van der Waals surface area contributed by atoms with Crippen molar-refractivity contribution in [2.75, 3.05) is 0 Å². The molecule has 16 heavy (non-hydrogen) atoms. The average Bonchev–Trinajstić information content (AvgIpc) is 2.64. The lowest BCUT2D eigenvalue weighted by atomic mass is 9.45. The molecule has 0 N–H and O–H groups in total. The smallest absolute Gasteiger partial charge is 0.0819 e. The van der Waals surface area contributed by atoms with Crippen LogP contribution in [0.25, 0.3) is 0 Å². The zero-order valence-corrected chi connectivity index (χ0v) is 10.2. The molecule has 0 amide bonds. The van der Waals surface area contributed by atoms with Crippen LogP contribution in [0.1, 0.15) is 45.4 Å². The first-order valence-corrected chi connectivity index (χ1v) is 6.92. The van der Waals surface area contributed by atoms with Gasteiger partial charge in [0.1, 0.15) is 0 Å². The summed E-state index contributed by atoms with van der Waals surface area (Å²) in [6.07, 6.45) is 15.5. The Morgan fingerprint density at radius 2 is 1.56 bits per heavy atom.